The molecule has 5 nitrogen and oxygen atoms in total. The van der Waals surface area contributed by atoms with Gasteiger partial charge >= 0.3 is 0 Å². The van der Waals surface area contributed by atoms with Crippen LogP contribution in [0, 0.1) is 13.8 Å². The molecule has 0 fully saturated rings. The fraction of sp³-hybridized carbons (Fsp3) is 0.143. The van der Waals surface area contributed by atoms with Crippen molar-refractivity contribution in [2.45, 2.75) is 13.8 Å². The summed E-state index contributed by atoms with van der Waals surface area (Å²) in [6.07, 6.45) is 1.66. The van der Waals surface area contributed by atoms with Crippen molar-refractivity contribution in [3.63, 3.8) is 0 Å². The lowest BCUT2D eigenvalue weighted by atomic mass is 10.1. The van der Waals surface area contributed by atoms with E-state index in [1.54, 1.807) is 37.6 Å². The van der Waals surface area contributed by atoms with Crippen LogP contribution in [0.25, 0.3) is 0 Å². The number of ether oxygens (including phenoxy) is 1. The fourth-order valence-electron chi connectivity index (χ4n) is 2.76. The molecule has 0 aliphatic heterocycles. The second-order valence-corrected chi connectivity index (χ2v) is 5.95. The number of nitrogens with one attached hydrogen (secondary N) is 2. The first-order valence-corrected chi connectivity index (χ1v) is 8.33. The molecule has 5 heteroatoms. The van der Waals surface area contributed by atoms with E-state index < -0.39 is 0 Å². The molecule has 0 saturated carbocycles. The number of carbonyl (C=O) groups excluding carboxylic acids is 1. The van der Waals surface area contributed by atoms with Crippen LogP contribution in [0.1, 0.15) is 21.5 Å². The number of benzene rings is 2. The first kappa shape index (κ1) is 17.5. The van der Waals surface area contributed by atoms with Crippen LogP contribution in [0.5, 0.6) is 5.75 Å². The second kappa shape index (κ2) is 7.70. The van der Waals surface area contributed by atoms with E-state index in [0.717, 1.165) is 16.8 Å². The molecule has 0 atom stereocenters. The molecule has 1 aromatic heterocycles. The fourth-order valence-corrected chi connectivity index (χ4v) is 2.76. The molecule has 2 aromatic carbocycles. The van der Waals surface area contributed by atoms with Crippen molar-refractivity contribution in [1.82, 2.24) is 4.98 Å². The summed E-state index contributed by atoms with van der Waals surface area (Å²) in [5.41, 5.74) is 4.21. The van der Waals surface area contributed by atoms with Crippen molar-refractivity contribution in [1.29, 1.82) is 0 Å². The summed E-state index contributed by atoms with van der Waals surface area (Å²) < 4.78 is 5.29. The summed E-state index contributed by atoms with van der Waals surface area (Å²) in [5.74, 6) is 0.864. The highest BCUT2D eigenvalue weighted by molar-refractivity contribution is 6.08. The molecule has 132 valence electrons. The first-order valence-electron chi connectivity index (χ1n) is 8.33. The summed E-state index contributed by atoms with van der Waals surface area (Å²) in [6.45, 7) is 4.04. The highest BCUT2D eigenvalue weighted by Gasteiger charge is 2.15. The Kier molecular flexibility index (Phi) is 5.17. The Morgan fingerprint density at radius 3 is 2.42 bits per heavy atom. The zero-order chi connectivity index (χ0) is 18.5. The van der Waals surface area contributed by atoms with Gasteiger partial charge in [-0.25, -0.2) is 4.98 Å². The van der Waals surface area contributed by atoms with Crippen LogP contribution in [0.15, 0.2) is 60.8 Å². The maximum absolute atomic E-state index is 12.8. The number of nitrogens with zero attached hydrogens (tertiary/aromatic N) is 1. The number of hydrogen-bond donors (Lipinski definition) is 2. The van der Waals surface area contributed by atoms with Gasteiger partial charge in [0.25, 0.3) is 5.91 Å². The Morgan fingerprint density at radius 2 is 1.69 bits per heavy atom. The number of aromatic nitrogens is 1. The maximum Gasteiger partial charge on any atom is 0.259 e. The van der Waals surface area contributed by atoms with E-state index >= 15 is 0 Å². The van der Waals surface area contributed by atoms with Crippen LogP contribution in [0.2, 0.25) is 0 Å². The maximum atomic E-state index is 12.8. The molecule has 26 heavy (non-hydrogen) atoms. The molecule has 3 rings (SSSR count). The van der Waals surface area contributed by atoms with Crippen molar-refractivity contribution >= 4 is 23.1 Å². The molecule has 1 amide bonds. The Bertz CT molecular complexity index is 918. The molecule has 3 aromatic rings. The predicted octanol–water partition coefficient (Wildman–Crippen LogP) is 4.70. The number of anilines is 3. The van der Waals surface area contributed by atoms with Gasteiger partial charge in [0.15, 0.2) is 0 Å². The van der Waals surface area contributed by atoms with Crippen LogP contribution < -0.4 is 15.4 Å². The van der Waals surface area contributed by atoms with Crippen molar-refractivity contribution < 1.29 is 9.53 Å². The highest BCUT2D eigenvalue weighted by atomic mass is 16.5. The Labute approximate surface area is 153 Å². The average molecular weight is 347 g/mol. The van der Waals surface area contributed by atoms with Crippen molar-refractivity contribution in [3.8, 4) is 5.75 Å². The SMILES string of the molecule is COc1ccccc1NC(=O)c1cccnc1Nc1c(C)cccc1C. The second-order valence-electron chi connectivity index (χ2n) is 5.95. The van der Waals surface area contributed by atoms with Gasteiger partial charge in [0, 0.05) is 11.9 Å². The number of rotatable bonds is 5. The minimum Gasteiger partial charge on any atom is -0.495 e. The third kappa shape index (κ3) is 3.67. The van der Waals surface area contributed by atoms with E-state index in [1.165, 1.54) is 0 Å². The summed E-state index contributed by atoms with van der Waals surface area (Å²) >= 11 is 0. The molecule has 0 radical (unpaired) electrons. The van der Waals surface area contributed by atoms with E-state index in [4.69, 9.17) is 4.74 Å². The van der Waals surface area contributed by atoms with Gasteiger partial charge in [0.05, 0.1) is 18.4 Å². The monoisotopic (exact) mass is 347 g/mol. The summed E-state index contributed by atoms with van der Waals surface area (Å²) in [4.78, 5) is 17.2. The van der Waals surface area contributed by atoms with Gasteiger partial charge in [0.2, 0.25) is 0 Å². The zero-order valence-electron chi connectivity index (χ0n) is 15.0. The number of hydrogen-bond acceptors (Lipinski definition) is 4. The standard InChI is InChI=1S/C21H21N3O2/c1-14-8-6-9-15(2)19(14)24-20-16(10-7-13-22-20)21(25)23-17-11-4-5-12-18(17)26-3/h4-13H,1-3H3,(H,22,24)(H,23,25). The highest BCUT2D eigenvalue weighted by Crippen LogP contribution is 2.27. The molecule has 2 N–H and O–H groups in total. The van der Waals surface area contributed by atoms with Crippen LogP contribution >= 0.6 is 0 Å². The summed E-state index contributed by atoms with van der Waals surface area (Å²) in [7, 11) is 1.57. The smallest absolute Gasteiger partial charge is 0.259 e. The van der Waals surface area contributed by atoms with E-state index in [-0.39, 0.29) is 5.91 Å². The average Bonchev–Trinajstić information content (AvgIpc) is 2.65. The van der Waals surface area contributed by atoms with Gasteiger partial charge in [-0.2, -0.15) is 0 Å². The van der Waals surface area contributed by atoms with Gasteiger partial charge in [-0.1, -0.05) is 30.3 Å². The summed E-state index contributed by atoms with van der Waals surface area (Å²) in [6, 6.07) is 16.8. The zero-order valence-corrected chi connectivity index (χ0v) is 15.0. The summed E-state index contributed by atoms with van der Waals surface area (Å²) in [5, 5.41) is 6.19. The van der Waals surface area contributed by atoms with Crippen LogP contribution in [-0.4, -0.2) is 18.0 Å². The van der Waals surface area contributed by atoms with Crippen molar-refractivity contribution in [2.75, 3.05) is 17.7 Å². The molecule has 1 heterocycles. The van der Waals surface area contributed by atoms with E-state index in [1.807, 2.05) is 44.2 Å². The van der Waals surface area contributed by atoms with Crippen molar-refractivity contribution in [2.24, 2.45) is 0 Å². The van der Waals surface area contributed by atoms with Gasteiger partial charge < -0.3 is 15.4 Å². The van der Waals surface area contributed by atoms with Crippen LogP contribution in [0.3, 0.4) is 0 Å². The van der Waals surface area contributed by atoms with Gasteiger partial charge in [-0.3, -0.25) is 4.79 Å². The molecule has 0 aliphatic carbocycles. The molecule has 0 bridgehead atoms. The van der Waals surface area contributed by atoms with Gasteiger partial charge in [-0.15, -0.1) is 0 Å². The molecule has 0 spiro atoms. The lowest BCUT2D eigenvalue weighted by Crippen LogP contribution is -2.15. The van der Waals surface area contributed by atoms with E-state index in [9.17, 15) is 4.79 Å². The van der Waals surface area contributed by atoms with Crippen molar-refractivity contribution in [3.05, 3.63) is 77.5 Å². The minimum atomic E-state index is -0.253. The first-order chi connectivity index (χ1) is 12.6. The Morgan fingerprint density at radius 1 is 0.962 bits per heavy atom. The number of pyridine rings is 1. The Hall–Kier alpha value is -3.34. The quantitative estimate of drug-likeness (QED) is 0.702. The largest absolute Gasteiger partial charge is 0.495 e. The number of methoxy groups -OCH3 is 1. The Balaban J connectivity index is 1.91. The predicted molar refractivity (Wildman–Crippen MR) is 104 cm³/mol. The molecule has 0 aliphatic rings. The molecular formula is C21H21N3O2. The number of carbonyl (C=O) groups is 1. The minimum absolute atomic E-state index is 0.253. The third-order valence-electron chi connectivity index (χ3n) is 4.13. The lowest BCUT2D eigenvalue weighted by Gasteiger charge is -2.15. The lowest BCUT2D eigenvalue weighted by molar-refractivity contribution is 0.102. The molecular weight excluding hydrogens is 326 g/mol. The van der Waals surface area contributed by atoms with Crippen LogP contribution in [0.4, 0.5) is 17.2 Å². The van der Waals surface area contributed by atoms with E-state index in [2.05, 4.69) is 15.6 Å². The topological polar surface area (TPSA) is 63.2 Å². The van der Waals surface area contributed by atoms with Gasteiger partial charge in [-0.05, 0) is 49.2 Å². The number of amides is 1. The number of aryl methyl sites for hydroxylation is 2. The van der Waals surface area contributed by atoms with Crippen LogP contribution in [-0.2, 0) is 0 Å². The number of para-hydroxylation sites is 3. The molecule has 0 saturated heterocycles. The third-order valence-corrected chi connectivity index (χ3v) is 4.13. The molecule has 0 unspecified atom stereocenters. The van der Waals surface area contributed by atoms with Gasteiger partial charge in [0.1, 0.15) is 11.6 Å². The van der Waals surface area contributed by atoms with E-state index in [0.29, 0.717) is 22.8 Å². The normalized spacial score (nSPS) is 10.3.